The highest BCUT2D eigenvalue weighted by Gasteiger charge is 2.25. The maximum absolute atomic E-state index is 13.0. The van der Waals surface area contributed by atoms with Crippen LogP contribution in [0.5, 0.6) is 0 Å². The predicted molar refractivity (Wildman–Crippen MR) is 114 cm³/mol. The van der Waals surface area contributed by atoms with Crippen molar-refractivity contribution >= 4 is 17.1 Å². The van der Waals surface area contributed by atoms with Crippen LogP contribution in [0, 0.1) is 0 Å². The van der Waals surface area contributed by atoms with Gasteiger partial charge in [0.25, 0.3) is 5.91 Å². The van der Waals surface area contributed by atoms with Gasteiger partial charge in [-0.15, -0.1) is 0 Å². The number of aromatic amines is 1. The van der Waals surface area contributed by atoms with E-state index < -0.39 is 0 Å². The van der Waals surface area contributed by atoms with Crippen molar-refractivity contribution in [2.24, 2.45) is 0 Å². The third-order valence-corrected chi connectivity index (χ3v) is 5.72. The first-order chi connectivity index (χ1) is 14.7. The molecule has 150 valence electrons. The lowest BCUT2D eigenvalue weighted by Gasteiger charge is -2.32. The van der Waals surface area contributed by atoms with Crippen LogP contribution < -0.4 is 5.56 Å². The molecule has 1 N–H and O–H groups in total. The van der Waals surface area contributed by atoms with E-state index in [0.717, 1.165) is 29.7 Å². The molecule has 0 aliphatic carbocycles. The van der Waals surface area contributed by atoms with Crippen molar-refractivity contribution in [3.63, 3.8) is 0 Å². The number of benzene rings is 1. The number of aromatic nitrogens is 4. The summed E-state index contributed by atoms with van der Waals surface area (Å²) in [4.78, 5) is 38.0. The van der Waals surface area contributed by atoms with Gasteiger partial charge in [-0.25, -0.2) is 9.97 Å². The average molecular weight is 399 g/mol. The molecule has 0 unspecified atom stereocenters. The van der Waals surface area contributed by atoms with Gasteiger partial charge in [-0.3, -0.25) is 14.2 Å². The number of rotatable bonds is 3. The van der Waals surface area contributed by atoms with E-state index in [1.165, 1.54) is 0 Å². The summed E-state index contributed by atoms with van der Waals surface area (Å²) in [5.74, 6) is 0.279. The number of nitrogens with zero attached hydrogens (tertiary/aromatic N) is 4. The largest absolute Gasteiger partial charge is 0.339 e. The smallest absolute Gasteiger partial charge is 0.255 e. The zero-order valence-corrected chi connectivity index (χ0v) is 16.4. The number of carbonyl (C=O) groups excluding carboxylic acids is 1. The molecule has 1 fully saturated rings. The molecule has 0 saturated carbocycles. The van der Waals surface area contributed by atoms with Crippen molar-refractivity contribution in [1.82, 2.24) is 24.4 Å². The Morgan fingerprint density at radius 1 is 1.03 bits per heavy atom. The molecule has 4 aromatic rings. The van der Waals surface area contributed by atoms with E-state index in [9.17, 15) is 9.59 Å². The van der Waals surface area contributed by atoms with E-state index >= 15 is 0 Å². The topological polar surface area (TPSA) is 83.9 Å². The second kappa shape index (κ2) is 7.59. The summed E-state index contributed by atoms with van der Waals surface area (Å²) < 4.78 is 1.91. The van der Waals surface area contributed by atoms with Gasteiger partial charge in [-0.1, -0.05) is 18.2 Å². The van der Waals surface area contributed by atoms with Crippen LogP contribution in [0.2, 0.25) is 0 Å². The lowest BCUT2D eigenvalue weighted by molar-refractivity contribution is 0.0712. The number of hydrogen-bond donors (Lipinski definition) is 1. The molecule has 5 rings (SSSR count). The van der Waals surface area contributed by atoms with E-state index in [0.29, 0.717) is 30.1 Å². The van der Waals surface area contributed by atoms with Gasteiger partial charge >= 0.3 is 0 Å². The number of likely N-dealkylation sites (tertiary alicyclic amines) is 1. The molecule has 0 bridgehead atoms. The second-order valence-corrected chi connectivity index (χ2v) is 7.57. The monoisotopic (exact) mass is 399 g/mol. The van der Waals surface area contributed by atoms with Gasteiger partial charge in [0.15, 0.2) is 5.65 Å². The molecular formula is C23H21N5O2. The number of amides is 1. The van der Waals surface area contributed by atoms with Crippen LogP contribution in [0.25, 0.3) is 16.9 Å². The maximum atomic E-state index is 13.0. The molecule has 3 aromatic heterocycles. The molecule has 0 atom stereocenters. The van der Waals surface area contributed by atoms with Crippen molar-refractivity contribution in [2.75, 3.05) is 13.1 Å². The number of hydrogen-bond acceptors (Lipinski definition) is 4. The van der Waals surface area contributed by atoms with Crippen molar-refractivity contribution in [2.45, 2.75) is 18.8 Å². The molecule has 7 heteroatoms. The number of imidazole rings is 1. The normalized spacial score (nSPS) is 14.9. The van der Waals surface area contributed by atoms with E-state index in [4.69, 9.17) is 0 Å². The van der Waals surface area contributed by atoms with Crippen molar-refractivity contribution in [3.8, 4) is 5.69 Å². The Kier molecular flexibility index (Phi) is 4.63. The highest BCUT2D eigenvalue weighted by atomic mass is 16.2. The molecule has 1 saturated heterocycles. The van der Waals surface area contributed by atoms with Gasteiger partial charge in [-0.2, -0.15) is 0 Å². The number of nitrogens with one attached hydrogen (secondary N) is 1. The first kappa shape index (κ1) is 18.3. The number of fused-ring (bicyclic) bond motifs is 1. The van der Waals surface area contributed by atoms with Crippen LogP contribution in [0.4, 0.5) is 0 Å². The Morgan fingerprint density at radius 2 is 1.83 bits per heavy atom. The van der Waals surface area contributed by atoms with E-state index in [1.807, 2.05) is 51.9 Å². The Bertz CT molecular complexity index is 1250. The van der Waals surface area contributed by atoms with Crippen LogP contribution in [0.15, 0.2) is 72.0 Å². The van der Waals surface area contributed by atoms with Crippen LogP contribution in [-0.4, -0.2) is 43.4 Å². The zero-order chi connectivity index (χ0) is 20.5. The molecule has 1 aromatic carbocycles. The lowest BCUT2D eigenvalue weighted by atomic mass is 9.90. The minimum atomic E-state index is -0.0830. The third kappa shape index (κ3) is 3.39. The number of H-pyrrole nitrogens is 1. The highest BCUT2D eigenvalue weighted by Crippen LogP contribution is 2.28. The van der Waals surface area contributed by atoms with Gasteiger partial charge in [0, 0.05) is 37.2 Å². The summed E-state index contributed by atoms with van der Waals surface area (Å²) in [7, 11) is 0. The van der Waals surface area contributed by atoms with Crippen molar-refractivity contribution < 1.29 is 4.79 Å². The van der Waals surface area contributed by atoms with Crippen molar-refractivity contribution in [3.05, 3.63) is 88.7 Å². The molecule has 30 heavy (non-hydrogen) atoms. The van der Waals surface area contributed by atoms with E-state index in [-0.39, 0.29) is 11.5 Å². The molecule has 4 heterocycles. The number of piperidine rings is 1. The number of para-hydroxylation sites is 1. The summed E-state index contributed by atoms with van der Waals surface area (Å²) in [5, 5.41) is 0. The summed E-state index contributed by atoms with van der Waals surface area (Å²) in [5.41, 5.74) is 3.92. The highest BCUT2D eigenvalue weighted by molar-refractivity contribution is 5.96. The summed E-state index contributed by atoms with van der Waals surface area (Å²) in [6.45, 7) is 1.32. The van der Waals surface area contributed by atoms with Gasteiger partial charge < -0.3 is 9.88 Å². The van der Waals surface area contributed by atoms with Crippen molar-refractivity contribution in [1.29, 1.82) is 0 Å². The summed E-state index contributed by atoms with van der Waals surface area (Å²) in [6, 6.07) is 15.3. The first-order valence-electron chi connectivity index (χ1n) is 10.1. The van der Waals surface area contributed by atoms with Crippen LogP contribution in [0.3, 0.4) is 0 Å². The lowest BCUT2D eigenvalue weighted by Crippen LogP contribution is -2.38. The molecule has 0 radical (unpaired) electrons. The predicted octanol–water partition coefficient (Wildman–Crippen LogP) is 3.13. The van der Waals surface area contributed by atoms with E-state index in [2.05, 4.69) is 15.0 Å². The Balaban J connectivity index is 1.32. The molecule has 1 aliphatic rings. The van der Waals surface area contributed by atoms with Gasteiger partial charge in [-0.05, 0) is 48.6 Å². The molecule has 7 nitrogen and oxygen atoms in total. The quantitative estimate of drug-likeness (QED) is 0.574. The maximum Gasteiger partial charge on any atom is 0.255 e. The first-order valence-corrected chi connectivity index (χ1v) is 10.1. The molecule has 0 spiro atoms. The van der Waals surface area contributed by atoms with E-state index in [1.54, 1.807) is 24.8 Å². The third-order valence-electron chi connectivity index (χ3n) is 5.72. The molecule has 1 aliphatic heterocycles. The molecular weight excluding hydrogens is 378 g/mol. The number of carbonyl (C=O) groups is 1. The minimum absolute atomic E-state index is 0.0250. The molecule has 1 amide bonds. The summed E-state index contributed by atoms with van der Waals surface area (Å²) >= 11 is 0. The van der Waals surface area contributed by atoms with Gasteiger partial charge in [0.05, 0.1) is 5.56 Å². The summed E-state index contributed by atoms with van der Waals surface area (Å²) in [6.07, 6.45) is 6.73. The number of pyridine rings is 2. The SMILES string of the molecule is O=C(c1cnc2c(c1)ncn2-c1ccccc1)N1CCC(c2cc[nH]c(=O)c2)CC1. The fourth-order valence-corrected chi connectivity index (χ4v) is 4.11. The van der Waals surface area contributed by atoms with Gasteiger partial charge in [0.1, 0.15) is 11.8 Å². The Hall–Kier alpha value is -3.74. The zero-order valence-electron chi connectivity index (χ0n) is 16.4. The minimum Gasteiger partial charge on any atom is -0.339 e. The average Bonchev–Trinajstić information content (AvgIpc) is 3.22. The Labute approximate surface area is 173 Å². The fraction of sp³-hybridized carbons (Fsp3) is 0.217. The van der Waals surface area contributed by atoms with Crippen LogP contribution >= 0.6 is 0 Å². The standard InChI is InChI=1S/C23H21N5O2/c29-21-13-17(6-9-24-21)16-7-10-27(11-8-16)23(30)18-12-20-22(25-14-18)28(15-26-20)19-4-2-1-3-5-19/h1-6,9,12-16H,7-8,10-11H2,(H,24,29). The fourth-order valence-electron chi connectivity index (χ4n) is 4.11. The Morgan fingerprint density at radius 3 is 2.60 bits per heavy atom. The van der Waals surface area contributed by atoms with Gasteiger partial charge in [0.2, 0.25) is 5.56 Å². The second-order valence-electron chi connectivity index (χ2n) is 7.57. The van der Waals surface area contributed by atoms with Crippen LogP contribution in [-0.2, 0) is 0 Å². The van der Waals surface area contributed by atoms with Crippen LogP contribution in [0.1, 0.15) is 34.7 Å².